The number of carbonyl (C=O) groups excluding carboxylic acids is 4. The van der Waals surface area contributed by atoms with Crippen LogP contribution in [0.3, 0.4) is 0 Å². The van der Waals surface area contributed by atoms with E-state index in [1.165, 1.54) is 0 Å². The number of imide groups is 1. The number of rotatable bonds is 4. The molecule has 154 valence electrons. The van der Waals surface area contributed by atoms with Gasteiger partial charge in [0.05, 0.1) is 0 Å². The van der Waals surface area contributed by atoms with Gasteiger partial charge in [-0.25, -0.2) is 4.79 Å². The van der Waals surface area contributed by atoms with Gasteiger partial charge < -0.3 is 15.5 Å². The maximum Gasteiger partial charge on any atom is 0.325 e. The van der Waals surface area contributed by atoms with Gasteiger partial charge in [0.1, 0.15) is 12.1 Å². The van der Waals surface area contributed by atoms with Crippen molar-refractivity contribution in [2.45, 2.75) is 51.5 Å². The van der Waals surface area contributed by atoms with E-state index in [2.05, 4.69) is 24.5 Å². The first-order chi connectivity index (χ1) is 13.7. The fourth-order valence-corrected chi connectivity index (χ4v) is 4.63. The summed E-state index contributed by atoms with van der Waals surface area (Å²) in [6.45, 7) is 4.58. The number of amides is 5. The van der Waals surface area contributed by atoms with E-state index in [1.54, 1.807) is 29.2 Å². The quantitative estimate of drug-likeness (QED) is 0.600. The Morgan fingerprint density at radius 1 is 1.14 bits per heavy atom. The van der Waals surface area contributed by atoms with Crippen LogP contribution in [0.2, 0.25) is 0 Å². The second-order valence-electron chi connectivity index (χ2n) is 8.99. The topological polar surface area (TPSA) is 98.8 Å². The molecule has 1 spiro atoms. The van der Waals surface area contributed by atoms with Gasteiger partial charge in [-0.2, -0.15) is 0 Å². The maximum absolute atomic E-state index is 13.0. The number of nitrogens with zero attached hydrogens (tertiary/aromatic N) is 2. The lowest BCUT2D eigenvalue weighted by molar-refractivity contribution is -0.136. The summed E-state index contributed by atoms with van der Waals surface area (Å²) < 4.78 is 0. The summed E-state index contributed by atoms with van der Waals surface area (Å²) in [6.07, 6.45) is 3.63. The van der Waals surface area contributed by atoms with E-state index >= 15 is 0 Å². The average molecular weight is 398 g/mol. The monoisotopic (exact) mass is 398 g/mol. The largest absolute Gasteiger partial charge is 0.325 e. The molecule has 1 aliphatic carbocycles. The van der Waals surface area contributed by atoms with E-state index in [1.807, 2.05) is 0 Å². The summed E-state index contributed by atoms with van der Waals surface area (Å²) in [4.78, 5) is 52.0. The molecule has 2 saturated heterocycles. The fourth-order valence-electron chi connectivity index (χ4n) is 4.63. The third kappa shape index (κ3) is 3.59. The summed E-state index contributed by atoms with van der Waals surface area (Å²) in [7, 11) is 0. The van der Waals surface area contributed by atoms with E-state index in [0.717, 1.165) is 23.4 Å². The lowest BCUT2D eigenvalue weighted by Gasteiger charge is -2.40. The van der Waals surface area contributed by atoms with Crippen LogP contribution in [0.25, 0.3) is 0 Å². The lowest BCUT2D eigenvalue weighted by atomic mass is 9.68. The summed E-state index contributed by atoms with van der Waals surface area (Å²) in [5.74, 6) is -0.661. The maximum atomic E-state index is 13.0. The Morgan fingerprint density at radius 3 is 2.45 bits per heavy atom. The van der Waals surface area contributed by atoms with Crippen LogP contribution in [0.1, 0.15) is 46.0 Å². The van der Waals surface area contributed by atoms with Gasteiger partial charge >= 0.3 is 6.03 Å². The van der Waals surface area contributed by atoms with Crippen molar-refractivity contribution in [3.05, 3.63) is 24.3 Å². The zero-order valence-electron chi connectivity index (χ0n) is 16.8. The summed E-state index contributed by atoms with van der Waals surface area (Å²) in [5, 5.41) is 5.57. The van der Waals surface area contributed by atoms with Crippen LogP contribution in [0.5, 0.6) is 0 Å². The SMILES string of the molecule is CC1(C)CCCC2(C1)NC(=O)N(CC(=O)Nc1ccc(N3CCC3=O)cc1)C2=O. The van der Waals surface area contributed by atoms with Crippen molar-refractivity contribution in [2.75, 3.05) is 23.3 Å². The molecular formula is C21H26N4O4. The molecule has 8 nitrogen and oxygen atoms in total. The van der Waals surface area contributed by atoms with Gasteiger partial charge in [0.15, 0.2) is 0 Å². The van der Waals surface area contributed by atoms with Gasteiger partial charge in [0.25, 0.3) is 5.91 Å². The van der Waals surface area contributed by atoms with E-state index in [9.17, 15) is 19.2 Å². The highest BCUT2D eigenvalue weighted by molar-refractivity contribution is 6.10. The Kier molecular flexibility index (Phi) is 4.59. The highest BCUT2D eigenvalue weighted by atomic mass is 16.2. The molecule has 29 heavy (non-hydrogen) atoms. The molecular weight excluding hydrogens is 372 g/mol. The van der Waals surface area contributed by atoms with E-state index in [-0.39, 0.29) is 23.8 Å². The molecule has 2 N–H and O–H groups in total. The molecule has 1 unspecified atom stereocenters. The Bertz CT molecular complexity index is 879. The first kappa shape index (κ1) is 19.4. The van der Waals surface area contributed by atoms with Crippen LogP contribution < -0.4 is 15.5 Å². The van der Waals surface area contributed by atoms with Crippen LogP contribution in [-0.2, 0) is 14.4 Å². The Balaban J connectivity index is 1.39. The minimum Gasteiger partial charge on any atom is -0.325 e. The zero-order valence-corrected chi connectivity index (χ0v) is 16.8. The van der Waals surface area contributed by atoms with Crippen molar-refractivity contribution in [3.63, 3.8) is 0 Å². The van der Waals surface area contributed by atoms with Crippen molar-refractivity contribution in [1.29, 1.82) is 0 Å². The van der Waals surface area contributed by atoms with Gasteiger partial charge in [-0.15, -0.1) is 0 Å². The molecule has 3 fully saturated rings. The van der Waals surface area contributed by atoms with Crippen LogP contribution in [0.15, 0.2) is 24.3 Å². The number of carbonyl (C=O) groups is 4. The normalized spacial score (nSPS) is 25.8. The van der Waals surface area contributed by atoms with Crippen LogP contribution in [-0.4, -0.2) is 47.3 Å². The summed E-state index contributed by atoms with van der Waals surface area (Å²) >= 11 is 0. The predicted octanol–water partition coefficient (Wildman–Crippen LogP) is 2.25. The van der Waals surface area contributed by atoms with Crippen LogP contribution in [0, 0.1) is 5.41 Å². The Labute approximate surface area is 169 Å². The molecule has 4 rings (SSSR count). The van der Waals surface area contributed by atoms with Gasteiger partial charge in [0, 0.05) is 24.3 Å². The van der Waals surface area contributed by atoms with Gasteiger partial charge in [-0.3, -0.25) is 19.3 Å². The molecule has 1 aromatic carbocycles. The van der Waals surface area contributed by atoms with Crippen molar-refractivity contribution in [2.24, 2.45) is 5.41 Å². The number of hydrogen-bond acceptors (Lipinski definition) is 4. The summed E-state index contributed by atoms with van der Waals surface area (Å²) in [6, 6.07) is 6.43. The second-order valence-corrected chi connectivity index (χ2v) is 8.99. The van der Waals surface area contributed by atoms with Gasteiger partial charge in [-0.1, -0.05) is 20.3 Å². The molecule has 3 aliphatic rings. The van der Waals surface area contributed by atoms with Crippen LogP contribution >= 0.6 is 0 Å². The minimum atomic E-state index is -0.884. The molecule has 5 amide bonds. The number of β-lactam (4-membered cyclic amide) rings is 1. The predicted molar refractivity (Wildman–Crippen MR) is 107 cm³/mol. The summed E-state index contributed by atoms with van der Waals surface area (Å²) in [5.41, 5.74) is 0.423. The fraction of sp³-hybridized carbons (Fsp3) is 0.524. The van der Waals surface area contributed by atoms with E-state index in [4.69, 9.17) is 0 Å². The first-order valence-corrected chi connectivity index (χ1v) is 10.0. The minimum absolute atomic E-state index is 0.0287. The molecule has 1 saturated carbocycles. The van der Waals surface area contributed by atoms with Crippen molar-refractivity contribution >= 4 is 35.1 Å². The molecule has 0 aromatic heterocycles. The van der Waals surface area contributed by atoms with Gasteiger partial charge in [-0.05, 0) is 48.9 Å². The number of anilines is 2. The number of hydrogen-bond donors (Lipinski definition) is 2. The molecule has 8 heteroatoms. The smallest absolute Gasteiger partial charge is 0.325 e. The van der Waals surface area contributed by atoms with E-state index in [0.29, 0.717) is 31.5 Å². The third-order valence-electron chi connectivity index (χ3n) is 6.10. The molecule has 0 bridgehead atoms. The number of benzene rings is 1. The molecule has 2 heterocycles. The zero-order chi connectivity index (χ0) is 20.8. The van der Waals surface area contributed by atoms with Gasteiger partial charge in [0.2, 0.25) is 11.8 Å². The van der Waals surface area contributed by atoms with Crippen molar-refractivity contribution in [1.82, 2.24) is 10.2 Å². The number of nitrogens with one attached hydrogen (secondary N) is 2. The van der Waals surface area contributed by atoms with Crippen LogP contribution in [0.4, 0.5) is 16.2 Å². The Morgan fingerprint density at radius 2 is 1.86 bits per heavy atom. The standard InChI is InChI=1S/C21H26N4O4/c1-20(2)9-3-10-21(13-20)18(28)25(19(29)23-21)12-16(26)22-14-4-6-15(7-5-14)24-11-8-17(24)27/h4-7H,3,8-13H2,1-2H3,(H,22,26)(H,23,29). The average Bonchev–Trinajstić information content (AvgIpc) is 2.85. The molecule has 2 aliphatic heterocycles. The van der Waals surface area contributed by atoms with Crippen molar-refractivity contribution in [3.8, 4) is 0 Å². The first-order valence-electron chi connectivity index (χ1n) is 10.0. The highest BCUT2D eigenvalue weighted by Gasteiger charge is 2.54. The highest BCUT2D eigenvalue weighted by Crippen LogP contribution is 2.43. The lowest BCUT2D eigenvalue weighted by Crippen LogP contribution is -2.52. The molecule has 1 atom stereocenters. The molecule has 0 radical (unpaired) electrons. The Hall–Kier alpha value is -2.90. The number of urea groups is 1. The third-order valence-corrected chi connectivity index (χ3v) is 6.10. The van der Waals surface area contributed by atoms with Crippen molar-refractivity contribution < 1.29 is 19.2 Å². The second kappa shape index (κ2) is 6.86. The van der Waals surface area contributed by atoms with E-state index < -0.39 is 17.5 Å². The molecule has 1 aromatic rings.